The molecule has 0 saturated heterocycles. The van der Waals surface area contributed by atoms with Crippen LogP contribution in [-0.2, 0) is 13.0 Å². The molecule has 1 aromatic carbocycles. The number of benzene rings is 1. The fraction of sp³-hybridized carbons (Fsp3) is 0.400. The van der Waals surface area contributed by atoms with Gasteiger partial charge in [0.1, 0.15) is 5.75 Å². The minimum atomic E-state index is 0. The zero-order valence-corrected chi connectivity index (χ0v) is 12.8. The molecule has 0 spiro atoms. The number of aromatic nitrogens is 2. The van der Waals surface area contributed by atoms with E-state index in [1.54, 1.807) is 13.3 Å². The predicted octanol–water partition coefficient (Wildman–Crippen LogP) is 2.64. The van der Waals surface area contributed by atoms with Gasteiger partial charge in [0.25, 0.3) is 0 Å². The Bertz CT molecular complexity index is 514. The first-order valence-electron chi connectivity index (χ1n) is 6.61. The zero-order valence-electron chi connectivity index (χ0n) is 12.0. The molecule has 110 valence electrons. The number of hydrogen-bond acceptors (Lipinski definition) is 3. The first-order chi connectivity index (χ1) is 9.22. The van der Waals surface area contributed by atoms with Crippen molar-refractivity contribution in [2.45, 2.75) is 32.4 Å². The SMILES string of the molecule is CCC(N)Cc1ccc(OC)c(Cn2cccn2)c1.Cl. The highest BCUT2D eigenvalue weighted by molar-refractivity contribution is 5.85. The molecule has 2 N–H and O–H groups in total. The molecule has 0 amide bonds. The Morgan fingerprint density at radius 1 is 1.40 bits per heavy atom. The second kappa shape index (κ2) is 7.92. The summed E-state index contributed by atoms with van der Waals surface area (Å²) in [5.74, 6) is 0.893. The molecule has 1 heterocycles. The number of nitrogens with two attached hydrogens (primary N) is 1. The minimum absolute atomic E-state index is 0. The molecule has 5 heteroatoms. The molecule has 1 unspecified atom stereocenters. The third kappa shape index (κ3) is 4.25. The third-order valence-corrected chi connectivity index (χ3v) is 3.26. The van der Waals surface area contributed by atoms with Gasteiger partial charge in [0.2, 0.25) is 0 Å². The lowest BCUT2D eigenvalue weighted by atomic mass is 10.0. The number of methoxy groups -OCH3 is 1. The van der Waals surface area contributed by atoms with Crippen molar-refractivity contribution in [3.63, 3.8) is 0 Å². The lowest BCUT2D eigenvalue weighted by molar-refractivity contribution is 0.407. The quantitative estimate of drug-likeness (QED) is 0.891. The van der Waals surface area contributed by atoms with Crippen LogP contribution in [0, 0.1) is 0 Å². The van der Waals surface area contributed by atoms with Crippen molar-refractivity contribution in [2.24, 2.45) is 5.73 Å². The number of nitrogens with zero attached hydrogens (tertiary/aromatic N) is 2. The summed E-state index contributed by atoms with van der Waals surface area (Å²) in [5.41, 5.74) is 8.39. The highest BCUT2D eigenvalue weighted by atomic mass is 35.5. The largest absolute Gasteiger partial charge is 0.496 e. The van der Waals surface area contributed by atoms with Crippen molar-refractivity contribution >= 4 is 12.4 Å². The van der Waals surface area contributed by atoms with E-state index in [0.717, 1.165) is 24.2 Å². The maximum absolute atomic E-state index is 6.01. The molecule has 4 nitrogen and oxygen atoms in total. The van der Waals surface area contributed by atoms with Crippen LogP contribution < -0.4 is 10.5 Å². The van der Waals surface area contributed by atoms with E-state index >= 15 is 0 Å². The van der Waals surface area contributed by atoms with Gasteiger partial charge in [0.05, 0.1) is 13.7 Å². The molecule has 0 bridgehead atoms. The molecule has 2 rings (SSSR count). The van der Waals surface area contributed by atoms with E-state index in [0.29, 0.717) is 6.54 Å². The Morgan fingerprint density at radius 2 is 2.20 bits per heavy atom. The van der Waals surface area contributed by atoms with E-state index in [2.05, 4.69) is 24.2 Å². The number of halogens is 1. The van der Waals surface area contributed by atoms with Gasteiger partial charge in [-0.15, -0.1) is 12.4 Å². The maximum atomic E-state index is 6.01. The summed E-state index contributed by atoms with van der Waals surface area (Å²) in [6.45, 7) is 2.82. The molecular weight excluding hydrogens is 274 g/mol. The van der Waals surface area contributed by atoms with Gasteiger partial charge in [-0.1, -0.05) is 19.1 Å². The summed E-state index contributed by atoms with van der Waals surface area (Å²) in [4.78, 5) is 0. The third-order valence-electron chi connectivity index (χ3n) is 3.26. The average molecular weight is 296 g/mol. The molecule has 1 aromatic heterocycles. The number of ether oxygens (including phenoxy) is 1. The van der Waals surface area contributed by atoms with Crippen LogP contribution in [0.2, 0.25) is 0 Å². The molecular formula is C15H22ClN3O. The van der Waals surface area contributed by atoms with Crippen LogP contribution in [0.5, 0.6) is 5.75 Å². The van der Waals surface area contributed by atoms with Gasteiger partial charge in [-0.3, -0.25) is 4.68 Å². The topological polar surface area (TPSA) is 53.1 Å². The summed E-state index contributed by atoms with van der Waals surface area (Å²) in [7, 11) is 1.69. The first-order valence-corrected chi connectivity index (χ1v) is 6.61. The standard InChI is InChI=1S/C15H21N3O.ClH/c1-3-14(16)10-12-5-6-15(19-2)13(9-12)11-18-8-4-7-17-18;/h4-9,14H,3,10-11,16H2,1-2H3;1H. The van der Waals surface area contributed by atoms with Crippen molar-refractivity contribution in [3.05, 3.63) is 47.8 Å². The Labute approximate surface area is 126 Å². The first kappa shape index (κ1) is 16.5. The van der Waals surface area contributed by atoms with Crippen molar-refractivity contribution < 1.29 is 4.74 Å². The predicted molar refractivity (Wildman–Crippen MR) is 83.5 cm³/mol. The second-order valence-corrected chi connectivity index (χ2v) is 4.72. The Hall–Kier alpha value is -1.52. The molecule has 2 aromatic rings. The molecule has 20 heavy (non-hydrogen) atoms. The highest BCUT2D eigenvalue weighted by Crippen LogP contribution is 2.21. The average Bonchev–Trinajstić information content (AvgIpc) is 2.92. The minimum Gasteiger partial charge on any atom is -0.496 e. The summed E-state index contributed by atoms with van der Waals surface area (Å²) >= 11 is 0. The van der Waals surface area contributed by atoms with Gasteiger partial charge in [-0.05, 0) is 30.5 Å². The molecule has 0 saturated carbocycles. The normalized spacial score (nSPS) is 11.8. The number of rotatable bonds is 6. The Morgan fingerprint density at radius 3 is 2.80 bits per heavy atom. The summed E-state index contributed by atoms with van der Waals surface area (Å²) in [6.07, 6.45) is 5.61. The van der Waals surface area contributed by atoms with Crippen LogP contribution in [0.4, 0.5) is 0 Å². The van der Waals surface area contributed by atoms with Crippen LogP contribution in [0.1, 0.15) is 24.5 Å². The number of hydrogen-bond donors (Lipinski definition) is 1. The lowest BCUT2D eigenvalue weighted by Crippen LogP contribution is -2.21. The van der Waals surface area contributed by atoms with Crippen molar-refractivity contribution in [1.82, 2.24) is 9.78 Å². The van der Waals surface area contributed by atoms with Crippen LogP contribution in [0.25, 0.3) is 0 Å². The van der Waals surface area contributed by atoms with E-state index in [1.165, 1.54) is 5.56 Å². The van der Waals surface area contributed by atoms with E-state index in [9.17, 15) is 0 Å². The van der Waals surface area contributed by atoms with Gasteiger partial charge >= 0.3 is 0 Å². The maximum Gasteiger partial charge on any atom is 0.123 e. The van der Waals surface area contributed by atoms with Gasteiger partial charge in [0, 0.05) is 24.0 Å². The van der Waals surface area contributed by atoms with Gasteiger partial charge < -0.3 is 10.5 Å². The zero-order chi connectivity index (χ0) is 13.7. The summed E-state index contributed by atoms with van der Waals surface area (Å²) in [6, 6.07) is 8.39. The fourth-order valence-corrected chi connectivity index (χ4v) is 2.10. The van der Waals surface area contributed by atoms with Crippen LogP contribution in [0.3, 0.4) is 0 Å². The second-order valence-electron chi connectivity index (χ2n) is 4.72. The van der Waals surface area contributed by atoms with Crippen molar-refractivity contribution in [3.8, 4) is 5.75 Å². The highest BCUT2D eigenvalue weighted by Gasteiger charge is 2.08. The fourth-order valence-electron chi connectivity index (χ4n) is 2.10. The van der Waals surface area contributed by atoms with E-state index in [4.69, 9.17) is 10.5 Å². The van der Waals surface area contributed by atoms with Gasteiger partial charge in [0.15, 0.2) is 0 Å². The van der Waals surface area contributed by atoms with Gasteiger partial charge in [-0.25, -0.2) is 0 Å². The smallest absolute Gasteiger partial charge is 0.123 e. The molecule has 0 aliphatic rings. The summed E-state index contributed by atoms with van der Waals surface area (Å²) < 4.78 is 7.30. The summed E-state index contributed by atoms with van der Waals surface area (Å²) in [5, 5.41) is 4.23. The van der Waals surface area contributed by atoms with Crippen molar-refractivity contribution in [2.75, 3.05) is 7.11 Å². The Kier molecular flexibility index (Phi) is 6.55. The van der Waals surface area contributed by atoms with Crippen LogP contribution >= 0.6 is 12.4 Å². The van der Waals surface area contributed by atoms with Crippen LogP contribution in [0.15, 0.2) is 36.7 Å². The van der Waals surface area contributed by atoms with Crippen LogP contribution in [-0.4, -0.2) is 22.9 Å². The molecule has 0 aliphatic heterocycles. The molecule has 0 radical (unpaired) electrons. The lowest BCUT2D eigenvalue weighted by Gasteiger charge is -2.13. The van der Waals surface area contributed by atoms with E-state index in [-0.39, 0.29) is 18.4 Å². The van der Waals surface area contributed by atoms with E-state index < -0.39 is 0 Å². The monoisotopic (exact) mass is 295 g/mol. The molecule has 0 fully saturated rings. The molecule has 0 aliphatic carbocycles. The van der Waals surface area contributed by atoms with Gasteiger partial charge in [-0.2, -0.15) is 5.10 Å². The molecule has 1 atom stereocenters. The Balaban J connectivity index is 0.00000200. The van der Waals surface area contributed by atoms with Crippen molar-refractivity contribution in [1.29, 1.82) is 0 Å². The van der Waals surface area contributed by atoms with E-state index in [1.807, 2.05) is 23.0 Å².